The van der Waals surface area contributed by atoms with Crippen LogP contribution in [0.4, 0.5) is 11.6 Å². The Kier molecular flexibility index (Phi) is 5.53. The van der Waals surface area contributed by atoms with Crippen LogP contribution in [0.15, 0.2) is 29.4 Å². The summed E-state index contributed by atoms with van der Waals surface area (Å²) in [7, 11) is 0. The lowest BCUT2D eigenvalue weighted by Crippen LogP contribution is -2.34. The lowest BCUT2D eigenvalue weighted by Gasteiger charge is -2.31. The van der Waals surface area contributed by atoms with Crippen molar-refractivity contribution in [3.8, 4) is 6.07 Å². The zero-order chi connectivity index (χ0) is 19.5. The van der Waals surface area contributed by atoms with Gasteiger partial charge in [0.2, 0.25) is 11.9 Å². The molecule has 146 valence electrons. The summed E-state index contributed by atoms with van der Waals surface area (Å²) >= 11 is 1.41. The van der Waals surface area contributed by atoms with E-state index in [1.807, 2.05) is 0 Å². The lowest BCUT2D eigenvalue weighted by atomic mass is 10.00. The highest BCUT2D eigenvalue weighted by Gasteiger charge is 2.32. The van der Waals surface area contributed by atoms with Gasteiger partial charge < -0.3 is 10.2 Å². The monoisotopic (exact) mass is 396 g/mol. The molecule has 1 aromatic carbocycles. The molecular weight excluding hydrogens is 372 g/mol. The summed E-state index contributed by atoms with van der Waals surface area (Å²) in [5.74, 6) is 1.81. The Morgan fingerprint density at radius 2 is 2.00 bits per heavy atom. The van der Waals surface area contributed by atoms with Gasteiger partial charge in [-0.2, -0.15) is 5.26 Å². The first-order valence-electron chi connectivity index (χ1n) is 9.77. The van der Waals surface area contributed by atoms with E-state index in [9.17, 15) is 4.79 Å². The van der Waals surface area contributed by atoms with Crippen molar-refractivity contribution in [2.45, 2.75) is 43.8 Å². The van der Waals surface area contributed by atoms with Gasteiger partial charge in [-0.3, -0.25) is 9.36 Å². The van der Waals surface area contributed by atoms with Crippen LogP contribution in [0.3, 0.4) is 0 Å². The molecule has 1 aromatic heterocycles. The third-order valence-corrected chi connectivity index (χ3v) is 6.22. The molecule has 1 saturated heterocycles. The number of aromatic nitrogens is 3. The van der Waals surface area contributed by atoms with Crippen molar-refractivity contribution in [1.29, 1.82) is 5.26 Å². The fraction of sp³-hybridized carbons (Fsp3) is 0.500. The maximum Gasteiger partial charge on any atom is 0.234 e. The van der Waals surface area contributed by atoms with Crippen LogP contribution < -0.4 is 10.2 Å². The van der Waals surface area contributed by atoms with E-state index in [1.165, 1.54) is 24.6 Å². The fourth-order valence-corrected chi connectivity index (χ4v) is 4.25. The first kappa shape index (κ1) is 18.8. The molecule has 28 heavy (non-hydrogen) atoms. The zero-order valence-electron chi connectivity index (χ0n) is 16.0. The lowest BCUT2D eigenvalue weighted by molar-refractivity contribution is -0.113. The number of amides is 1. The molecule has 2 fully saturated rings. The van der Waals surface area contributed by atoms with Crippen LogP contribution in [0, 0.1) is 17.2 Å². The summed E-state index contributed by atoms with van der Waals surface area (Å²) in [6.07, 6.45) is 4.65. The Hall–Kier alpha value is -2.53. The van der Waals surface area contributed by atoms with Crippen molar-refractivity contribution in [2.24, 2.45) is 5.92 Å². The molecule has 0 unspecified atom stereocenters. The molecule has 0 spiro atoms. The molecular formula is C20H24N6OS. The van der Waals surface area contributed by atoms with Gasteiger partial charge in [0.25, 0.3) is 0 Å². The molecule has 8 heteroatoms. The standard InChI is InChI=1S/C20H24N6OS/c1-14-8-10-25(11-9-14)19-23-24-20(26(19)16-6-7-16)28-13-18(27)22-17-5-3-2-4-15(17)12-21/h2-5,14,16H,6-11,13H2,1H3,(H,22,27). The minimum Gasteiger partial charge on any atom is -0.341 e. The quantitative estimate of drug-likeness (QED) is 0.753. The van der Waals surface area contributed by atoms with Crippen molar-refractivity contribution in [3.05, 3.63) is 29.8 Å². The minimum absolute atomic E-state index is 0.147. The van der Waals surface area contributed by atoms with Crippen molar-refractivity contribution < 1.29 is 4.79 Å². The van der Waals surface area contributed by atoms with Gasteiger partial charge >= 0.3 is 0 Å². The number of hydrogen-bond donors (Lipinski definition) is 1. The van der Waals surface area contributed by atoms with E-state index in [4.69, 9.17) is 5.26 Å². The van der Waals surface area contributed by atoms with Crippen LogP contribution in [0.1, 0.15) is 44.2 Å². The maximum absolute atomic E-state index is 12.4. The first-order chi connectivity index (χ1) is 13.7. The second-order valence-electron chi connectivity index (χ2n) is 7.55. The number of carbonyl (C=O) groups excluding carboxylic acids is 1. The molecule has 1 saturated carbocycles. The van der Waals surface area contributed by atoms with E-state index >= 15 is 0 Å². The molecule has 7 nitrogen and oxygen atoms in total. The molecule has 4 rings (SSSR count). The van der Waals surface area contributed by atoms with Crippen LogP contribution in [-0.2, 0) is 4.79 Å². The Morgan fingerprint density at radius 1 is 1.25 bits per heavy atom. The maximum atomic E-state index is 12.4. The van der Waals surface area contributed by atoms with Gasteiger partial charge in [-0.1, -0.05) is 30.8 Å². The average Bonchev–Trinajstić information content (AvgIpc) is 3.46. The van der Waals surface area contributed by atoms with E-state index in [1.54, 1.807) is 24.3 Å². The summed E-state index contributed by atoms with van der Waals surface area (Å²) in [6, 6.07) is 9.57. The first-order valence-corrected chi connectivity index (χ1v) is 10.8. The second kappa shape index (κ2) is 8.23. The van der Waals surface area contributed by atoms with Crippen molar-refractivity contribution in [1.82, 2.24) is 14.8 Å². The van der Waals surface area contributed by atoms with E-state index in [0.717, 1.165) is 43.0 Å². The molecule has 1 N–H and O–H groups in total. The van der Waals surface area contributed by atoms with Crippen molar-refractivity contribution in [3.63, 3.8) is 0 Å². The number of benzene rings is 1. The number of nitriles is 1. The van der Waals surface area contributed by atoms with Gasteiger partial charge in [-0.15, -0.1) is 10.2 Å². The average molecular weight is 397 g/mol. The highest BCUT2D eigenvalue weighted by molar-refractivity contribution is 7.99. The molecule has 1 amide bonds. The Morgan fingerprint density at radius 3 is 2.71 bits per heavy atom. The van der Waals surface area contributed by atoms with Gasteiger partial charge in [-0.05, 0) is 43.7 Å². The predicted molar refractivity (Wildman–Crippen MR) is 109 cm³/mol. The van der Waals surface area contributed by atoms with Crippen molar-refractivity contribution >= 4 is 29.3 Å². The zero-order valence-corrected chi connectivity index (χ0v) is 16.8. The topological polar surface area (TPSA) is 86.8 Å². The van der Waals surface area contributed by atoms with Crippen LogP contribution in [0.2, 0.25) is 0 Å². The number of nitrogens with zero attached hydrogens (tertiary/aromatic N) is 5. The number of anilines is 2. The molecule has 1 aliphatic carbocycles. The number of para-hydroxylation sites is 1. The summed E-state index contributed by atoms with van der Waals surface area (Å²) in [6.45, 7) is 4.33. The molecule has 0 bridgehead atoms. The molecule has 2 aromatic rings. The summed E-state index contributed by atoms with van der Waals surface area (Å²) < 4.78 is 2.22. The van der Waals surface area contributed by atoms with Gasteiger partial charge in [0.05, 0.1) is 17.0 Å². The van der Waals surface area contributed by atoms with Gasteiger partial charge in [0.15, 0.2) is 5.16 Å². The van der Waals surface area contributed by atoms with Crippen LogP contribution in [0.25, 0.3) is 0 Å². The molecule has 0 radical (unpaired) electrons. The number of piperidine rings is 1. The number of thioether (sulfide) groups is 1. The smallest absolute Gasteiger partial charge is 0.234 e. The number of hydrogen-bond acceptors (Lipinski definition) is 6. The number of rotatable bonds is 6. The normalized spacial score (nSPS) is 17.4. The molecule has 0 atom stereocenters. The van der Waals surface area contributed by atoms with Crippen molar-refractivity contribution in [2.75, 3.05) is 29.1 Å². The van der Waals surface area contributed by atoms with E-state index < -0.39 is 0 Å². The van der Waals surface area contributed by atoms with E-state index in [0.29, 0.717) is 17.3 Å². The highest BCUT2D eigenvalue weighted by Crippen LogP contribution is 2.41. The van der Waals surface area contributed by atoms with Gasteiger partial charge in [0, 0.05) is 19.1 Å². The Labute approximate surface area is 169 Å². The number of nitrogens with one attached hydrogen (secondary N) is 1. The van der Waals surface area contributed by atoms with Crippen LogP contribution >= 0.6 is 11.8 Å². The predicted octanol–water partition coefficient (Wildman–Crippen LogP) is 3.45. The second-order valence-corrected chi connectivity index (χ2v) is 8.49. The summed E-state index contributed by atoms with van der Waals surface area (Å²) in [5, 5.41) is 21.6. The highest BCUT2D eigenvalue weighted by atomic mass is 32.2. The van der Waals surface area contributed by atoms with Gasteiger partial charge in [-0.25, -0.2) is 0 Å². The summed E-state index contributed by atoms with van der Waals surface area (Å²) in [4.78, 5) is 14.7. The summed E-state index contributed by atoms with van der Waals surface area (Å²) in [5.41, 5.74) is 1.01. The van der Waals surface area contributed by atoms with Crippen LogP contribution in [0.5, 0.6) is 0 Å². The largest absolute Gasteiger partial charge is 0.341 e. The Bertz CT molecular complexity index is 892. The number of carbonyl (C=O) groups is 1. The van der Waals surface area contributed by atoms with Gasteiger partial charge in [0.1, 0.15) is 6.07 Å². The SMILES string of the molecule is CC1CCN(c2nnc(SCC(=O)Nc3ccccc3C#N)n2C2CC2)CC1. The molecule has 1 aliphatic heterocycles. The fourth-order valence-electron chi connectivity index (χ4n) is 3.45. The molecule has 2 aliphatic rings. The van der Waals surface area contributed by atoms with E-state index in [2.05, 4.69) is 38.0 Å². The van der Waals surface area contributed by atoms with Crippen LogP contribution in [-0.4, -0.2) is 39.5 Å². The Balaban J connectivity index is 1.42. The third-order valence-electron chi connectivity index (χ3n) is 5.28. The van der Waals surface area contributed by atoms with E-state index in [-0.39, 0.29) is 11.7 Å². The molecule has 2 heterocycles. The third kappa shape index (κ3) is 4.14. The minimum atomic E-state index is -0.147.